The zero-order valence-corrected chi connectivity index (χ0v) is 14.4. The van der Waals surface area contributed by atoms with Crippen molar-refractivity contribution in [2.45, 2.75) is 63.9 Å². The van der Waals surface area contributed by atoms with Crippen molar-refractivity contribution in [1.29, 1.82) is 0 Å². The van der Waals surface area contributed by atoms with E-state index in [-0.39, 0.29) is 17.4 Å². The first-order valence-electron chi connectivity index (χ1n) is 9.07. The topological polar surface area (TPSA) is 40.5 Å². The highest BCUT2D eigenvalue weighted by Gasteiger charge is 2.45. The molecule has 1 aliphatic heterocycles. The van der Waals surface area contributed by atoms with Gasteiger partial charge in [0.2, 0.25) is 5.91 Å². The zero-order chi connectivity index (χ0) is 16.4. The van der Waals surface area contributed by atoms with E-state index in [1.54, 1.807) is 0 Å². The Bertz CT molecular complexity index is 561. The van der Waals surface area contributed by atoms with Gasteiger partial charge in [0.25, 0.3) is 0 Å². The number of likely N-dealkylation sites (tertiary alicyclic amines) is 1. The lowest BCUT2D eigenvalue weighted by atomic mass is 9.68. The Morgan fingerprint density at radius 2 is 2.04 bits per heavy atom. The zero-order valence-electron chi connectivity index (χ0n) is 14.4. The van der Waals surface area contributed by atoms with Gasteiger partial charge in [0.05, 0.1) is 11.5 Å². The van der Waals surface area contributed by atoms with E-state index in [0.717, 1.165) is 38.6 Å². The van der Waals surface area contributed by atoms with E-state index >= 15 is 0 Å². The average Bonchev–Trinajstić information content (AvgIpc) is 3.05. The summed E-state index contributed by atoms with van der Waals surface area (Å²) in [5.41, 5.74) is 2.09. The molecule has 3 rings (SSSR count). The second-order valence-corrected chi connectivity index (χ2v) is 7.55. The molecule has 1 amide bonds. The largest absolute Gasteiger partial charge is 0.393 e. The molecule has 1 saturated carbocycles. The quantitative estimate of drug-likeness (QED) is 0.928. The van der Waals surface area contributed by atoms with Gasteiger partial charge in [-0.2, -0.15) is 0 Å². The molecule has 3 heteroatoms. The van der Waals surface area contributed by atoms with Crippen molar-refractivity contribution < 1.29 is 9.90 Å². The van der Waals surface area contributed by atoms with E-state index in [0.29, 0.717) is 12.5 Å². The van der Waals surface area contributed by atoms with E-state index in [1.807, 2.05) is 11.8 Å². The Kier molecular flexibility index (Phi) is 4.77. The SMILES string of the molecule is Cc1cccc(C2(C(=O)N3CCC(C(C)O)C3)CCCCC2)c1. The van der Waals surface area contributed by atoms with Crippen LogP contribution in [0.2, 0.25) is 0 Å². The van der Waals surface area contributed by atoms with Crippen LogP contribution in [-0.4, -0.2) is 35.1 Å². The van der Waals surface area contributed by atoms with Gasteiger partial charge in [0.15, 0.2) is 0 Å². The second kappa shape index (κ2) is 6.64. The van der Waals surface area contributed by atoms with Gasteiger partial charge in [-0.15, -0.1) is 0 Å². The molecule has 0 spiro atoms. The number of amides is 1. The lowest BCUT2D eigenvalue weighted by Gasteiger charge is -2.39. The summed E-state index contributed by atoms with van der Waals surface area (Å²) >= 11 is 0. The van der Waals surface area contributed by atoms with Gasteiger partial charge >= 0.3 is 0 Å². The molecule has 2 fully saturated rings. The molecule has 1 aliphatic carbocycles. The molecule has 0 bridgehead atoms. The molecule has 1 heterocycles. The van der Waals surface area contributed by atoms with Crippen molar-refractivity contribution in [1.82, 2.24) is 4.90 Å². The molecule has 1 aromatic carbocycles. The van der Waals surface area contributed by atoms with Crippen LogP contribution in [0.4, 0.5) is 0 Å². The molecule has 0 radical (unpaired) electrons. The monoisotopic (exact) mass is 315 g/mol. The van der Waals surface area contributed by atoms with Crippen LogP contribution in [0.15, 0.2) is 24.3 Å². The minimum Gasteiger partial charge on any atom is -0.393 e. The summed E-state index contributed by atoms with van der Waals surface area (Å²) in [4.78, 5) is 15.5. The minimum atomic E-state index is -0.335. The van der Waals surface area contributed by atoms with Crippen molar-refractivity contribution in [2.75, 3.05) is 13.1 Å². The molecule has 0 aromatic heterocycles. The highest BCUT2D eigenvalue weighted by Crippen LogP contribution is 2.42. The fraction of sp³-hybridized carbons (Fsp3) is 0.650. The van der Waals surface area contributed by atoms with Crippen LogP contribution >= 0.6 is 0 Å². The van der Waals surface area contributed by atoms with Crippen LogP contribution in [0.25, 0.3) is 0 Å². The first-order valence-corrected chi connectivity index (χ1v) is 9.07. The Labute approximate surface area is 139 Å². The molecule has 1 N–H and O–H groups in total. The maximum atomic E-state index is 13.4. The summed E-state index contributed by atoms with van der Waals surface area (Å²) in [6.07, 6.45) is 6.02. The van der Waals surface area contributed by atoms with Crippen molar-refractivity contribution in [2.24, 2.45) is 5.92 Å². The normalized spacial score (nSPS) is 25.3. The first-order chi connectivity index (χ1) is 11.0. The van der Waals surface area contributed by atoms with Gasteiger partial charge in [-0.25, -0.2) is 0 Å². The second-order valence-electron chi connectivity index (χ2n) is 7.55. The van der Waals surface area contributed by atoms with Gasteiger partial charge in [-0.3, -0.25) is 4.79 Å². The predicted octanol–water partition coefficient (Wildman–Crippen LogP) is 3.43. The van der Waals surface area contributed by atoms with E-state index in [4.69, 9.17) is 0 Å². The van der Waals surface area contributed by atoms with Crippen molar-refractivity contribution in [3.63, 3.8) is 0 Å². The summed E-state index contributed by atoms with van der Waals surface area (Å²) in [7, 11) is 0. The highest BCUT2D eigenvalue weighted by atomic mass is 16.3. The van der Waals surface area contributed by atoms with E-state index in [2.05, 4.69) is 31.2 Å². The summed E-state index contributed by atoms with van der Waals surface area (Å²) in [6, 6.07) is 8.52. The van der Waals surface area contributed by atoms with Crippen LogP contribution in [0, 0.1) is 12.8 Å². The van der Waals surface area contributed by atoms with Crippen LogP contribution in [-0.2, 0) is 10.2 Å². The minimum absolute atomic E-state index is 0.233. The Morgan fingerprint density at radius 1 is 1.30 bits per heavy atom. The van der Waals surface area contributed by atoms with E-state index in [9.17, 15) is 9.90 Å². The third-order valence-corrected chi connectivity index (χ3v) is 5.88. The van der Waals surface area contributed by atoms with Gasteiger partial charge in [0, 0.05) is 19.0 Å². The number of rotatable bonds is 3. The Balaban J connectivity index is 1.89. The van der Waals surface area contributed by atoms with Crippen LogP contribution < -0.4 is 0 Å². The average molecular weight is 315 g/mol. The van der Waals surface area contributed by atoms with E-state index < -0.39 is 0 Å². The van der Waals surface area contributed by atoms with Gasteiger partial charge < -0.3 is 10.0 Å². The fourth-order valence-electron chi connectivity index (χ4n) is 4.39. The van der Waals surface area contributed by atoms with Gasteiger partial charge in [0.1, 0.15) is 0 Å². The van der Waals surface area contributed by atoms with E-state index in [1.165, 1.54) is 17.5 Å². The molecule has 2 aliphatic rings. The number of benzene rings is 1. The number of aryl methyl sites for hydroxylation is 1. The Hall–Kier alpha value is -1.35. The maximum Gasteiger partial charge on any atom is 0.233 e. The molecule has 1 saturated heterocycles. The highest BCUT2D eigenvalue weighted by molar-refractivity contribution is 5.88. The maximum absolute atomic E-state index is 13.4. The standard InChI is InChI=1S/C20H29NO2/c1-15-7-6-8-18(13-15)20(10-4-3-5-11-20)19(23)21-12-9-17(14-21)16(2)22/h6-8,13,16-17,22H,3-5,9-12,14H2,1-2H3. The van der Waals surface area contributed by atoms with Crippen molar-refractivity contribution in [3.8, 4) is 0 Å². The van der Waals surface area contributed by atoms with Crippen LogP contribution in [0.3, 0.4) is 0 Å². The molecule has 3 nitrogen and oxygen atoms in total. The number of aliphatic hydroxyl groups is 1. The molecular weight excluding hydrogens is 286 g/mol. The molecule has 126 valence electrons. The van der Waals surface area contributed by atoms with Crippen molar-refractivity contribution in [3.05, 3.63) is 35.4 Å². The molecule has 1 aromatic rings. The lowest BCUT2D eigenvalue weighted by Crippen LogP contribution is -2.47. The molecule has 2 atom stereocenters. The number of nitrogens with zero attached hydrogens (tertiary/aromatic N) is 1. The molecule has 2 unspecified atom stereocenters. The number of hydrogen-bond acceptors (Lipinski definition) is 2. The lowest BCUT2D eigenvalue weighted by molar-refractivity contribution is -0.138. The smallest absolute Gasteiger partial charge is 0.233 e. The van der Waals surface area contributed by atoms with Crippen LogP contribution in [0.5, 0.6) is 0 Å². The first kappa shape index (κ1) is 16.5. The summed E-state index contributed by atoms with van der Waals surface area (Å²) in [5, 5.41) is 9.84. The number of hydrogen-bond donors (Lipinski definition) is 1. The summed E-state index contributed by atoms with van der Waals surface area (Å²) in [6.45, 7) is 5.45. The van der Waals surface area contributed by atoms with Crippen LogP contribution in [0.1, 0.15) is 56.6 Å². The summed E-state index contributed by atoms with van der Waals surface area (Å²) in [5.74, 6) is 0.531. The predicted molar refractivity (Wildman–Crippen MR) is 92.3 cm³/mol. The van der Waals surface area contributed by atoms with Gasteiger partial charge in [-0.1, -0.05) is 49.1 Å². The summed E-state index contributed by atoms with van der Waals surface area (Å²) < 4.78 is 0. The third-order valence-electron chi connectivity index (χ3n) is 5.88. The fourth-order valence-corrected chi connectivity index (χ4v) is 4.39. The van der Waals surface area contributed by atoms with Gasteiger partial charge in [-0.05, 0) is 38.7 Å². The Morgan fingerprint density at radius 3 is 2.65 bits per heavy atom. The molecule has 23 heavy (non-hydrogen) atoms. The number of carbonyl (C=O) groups excluding carboxylic acids is 1. The number of aliphatic hydroxyl groups excluding tert-OH is 1. The third kappa shape index (κ3) is 3.16. The van der Waals surface area contributed by atoms with Crippen molar-refractivity contribution >= 4 is 5.91 Å². The number of carbonyl (C=O) groups is 1. The molecular formula is C20H29NO2.